The Kier molecular flexibility index (Phi) is 7.48. The first kappa shape index (κ1) is 21.0. The smallest absolute Gasteiger partial charge is 0.252 e. The second-order valence-electron chi connectivity index (χ2n) is 7.05. The van der Waals surface area contributed by atoms with Gasteiger partial charge in [-0.25, -0.2) is 0 Å². The Morgan fingerprint density at radius 1 is 1.07 bits per heavy atom. The van der Waals surface area contributed by atoms with Gasteiger partial charge in [-0.1, -0.05) is 44.2 Å². The summed E-state index contributed by atoms with van der Waals surface area (Å²) >= 11 is 1.69. The zero-order valence-corrected chi connectivity index (χ0v) is 17.5. The van der Waals surface area contributed by atoms with Crippen molar-refractivity contribution in [3.63, 3.8) is 0 Å². The van der Waals surface area contributed by atoms with Crippen LogP contribution in [0.3, 0.4) is 0 Å². The number of hydrogen-bond donors (Lipinski definition) is 1. The Bertz CT molecular complexity index is 787. The fraction of sp³-hybridized carbons (Fsp3) is 0.364. The van der Waals surface area contributed by atoms with Gasteiger partial charge in [0.25, 0.3) is 5.91 Å². The van der Waals surface area contributed by atoms with E-state index in [1.54, 1.807) is 29.8 Å². The summed E-state index contributed by atoms with van der Waals surface area (Å²) in [6.45, 7) is 6.30. The lowest BCUT2D eigenvalue weighted by atomic mass is 10.0. The van der Waals surface area contributed by atoms with Crippen molar-refractivity contribution in [2.45, 2.75) is 38.3 Å². The summed E-state index contributed by atoms with van der Waals surface area (Å²) in [6, 6.07) is 15.0. The van der Waals surface area contributed by atoms with Crippen LogP contribution in [0.2, 0.25) is 0 Å². The maximum absolute atomic E-state index is 13.0. The van der Waals surface area contributed by atoms with Crippen LogP contribution >= 0.6 is 11.8 Å². The first-order valence-electron chi connectivity index (χ1n) is 9.08. The summed E-state index contributed by atoms with van der Waals surface area (Å²) in [4.78, 5) is 28.5. The van der Waals surface area contributed by atoms with E-state index < -0.39 is 6.04 Å². The molecule has 27 heavy (non-hydrogen) atoms. The van der Waals surface area contributed by atoms with Gasteiger partial charge in [0, 0.05) is 24.1 Å². The predicted molar refractivity (Wildman–Crippen MR) is 112 cm³/mol. The van der Waals surface area contributed by atoms with E-state index in [2.05, 4.69) is 17.4 Å². The second-order valence-corrected chi connectivity index (χ2v) is 7.93. The monoisotopic (exact) mass is 384 g/mol. The van der Waals surface area contributed by atoms with Gasteiger partial charge < -0.3 is 10.2 Å². The minimum atomic E-state index is -0.562. The zero-order valence-electron chi connectivity index (χ0n) is 16.7. The number of rotatable bonds is 7. The van der Waals surface area contributed by atoms with Crippen molar-refractivity contribution < 1.29 is 9.59 Å². The Balaban J connectivity index is 2.09. The number of thioether (sulfide) groups is 1. The molecular formula is C22H28N2O2S. The molecule has 0 aromatic heterocycles. The highest BCUT2D eigenvalue weighted by Crippen LogP contribution is 2.17. The van der Waals surface area contributed by atoms with Crippen molar-refractivity contribution in [3.05, 3.63) is 65.2 Å². The maximum Gasteiger partial charge on any atom is 0.252 e. The van der Waals surface area contributed by atoms with E-state index >= 15 is 0 Å². The molecule has 4 nitrogen and oxygen atoms in total. The first-order chi connectivity index (χ1) is 12.8. The highest BCUT2D eigenvalue weighted by atomic mass is 32.2. The fourth-order valence-electron chi connectivity index (χ4n) is 2.88. The number of carbonyl (C=O) groups is 2. The van der Waals surface area contributed by atoms with Crippen LogP contribution in [0.1, 0.15) is 35.3 Å². The Labute approximate surface area is 166 Å². The molecule has 1 atom stereocenters. The Morgan fingerprint density at radius 2 is 1.70 bits per heavy atom. The largest absolute Gasteiger partial charge is 0.340 e. The van der Waals surface area contributed by atoms with Gasteiger partial charge in [-0.05, 0) is 48.4 Å². The molecule has 0 fully saturated rings. The molecule has 0 heterocycles. The molecule has 0 bridgehead atoms. The van der Waals surface area contributed by atoms with Gasteiger partial charge in [-0.2, -0.15) is 0 Å². The van der Waals surface area contributed by atoms with Gasteiger partial charge in [-0.3, -0.25) is 9.59 Å². The van der Waals surface area contributed by atoms with Crippen LogP contribution in [-0.2, 0) is 11.3 Å². The van der Waals surface area contributed by atoms with Gasteiger partial charge >= 0.3 is 0 Å². The SMILES string of the molecule is CSc1ccc(CN(C)C(=O)C(NC(=O)c2ccccc2C)C(C)C)cc1. The lowest BCUT2D eigenvalue weighted by Crippen LogP contribution is -2.50. The number of amides is 2. The third kappa shape index (κ3) is 5.60. The summed E-state index contributed by atoms with van der Waals surface area (Å²) in [5.74, 6) is -0.300. The summed E-state index contributed by atoms with van der Waals surface area (Å²) in [5.41, 5.74) is 2.56. The van der Waals surface area contributed by atoms with E-state index in [1.807, 2.05) is 57.4 Å². The molecule has 0 aliphatic heterocycles. The van der Waals surface area contributed by atoms with Crippen molar-refractivity contribution in [2.75, 3.05) is 13.3 Å². The van der Waals surface area contributed by atoms with Gasteiger partial charge in [0.1, 0.15) is 6.04 Å². The topological polar surface area (TPSA) is 49.4 Å². The average Bonchev–Trinajstić information content (AvgIpc) is 2.66. The van der Waals surface area contributed by atoms with Crippen LogP contribution in [0.4, 0.5) is 0 Å². The highest BCUT2D eigenvalue weighted by molar-refractivity contribution is 7.98. The molecule has 0 saturated heterocycles. The molecule has 0 aliphatic carbocycles. The molecule has 144 valence electrons. The predicted octanol–water partition coefficient (Wildman–Crippen LogP) is 4.13. The summed E-state index contributed by atoms with van der Waals surface area (Å²) in [5, 5.41) is 2.92. The van der Waals surface area contributed by atoms with E-state index in [1.165, 1.54) is 4.90 Å². The number of nitrogens with zero attached hydrogens (tertiary/aromatic N) is 1. The third-order valence-electron chi connectivity index (χ3n) is 4.56. The molecule has 2 amide bonds. The summed E-state index contributed by atoms with van der Waals surface area (Å²) < 4.78 is 0. The fourth-order valence-corrected chi connectivity index (χ4v) is 3.29. The summed E-state index contributed by atoms with van der Waals surface area (Å²) in [7, 11) is 1.78. The van der Waals surface area contributed by atoms with Crippen molar-refractivity contribution in [3.8, 4) is 0 Å². The third-order valence-corrected chi connectivity index (χ3v) is 5.31. The molecule has 2 rings (SSSR count). The van der Waals surface area contributed by atoms with E-state index in [4.69, 9.17) is 0 Å². The molecule has 2 aromatic carbocycles. The molecule has 1 unspecified atom stereocenters. The molecule has 0 saturated carbocycles. The first-order valence-corrected chi connectivity index (χ1v) is 10.3. The van der Waals surface area contributed by atoms with Crippen molar-refractivity contribution in [1.29, 1.82) is 0 Å². The van der Waals surface area contributed by atoms with E-state index in [-0.39, 0.29) is 17.7 Å². The standard InChI is InChI=1S/C22H28N2O2S/c1-15(2)20(23-21(25)19-9-7-6-8-16(19)3)22(26)24(4)14-17-10-12-18(27-5)13-11-17/h6-13,15,20H,14H2,1-5H3,(H,23,25). The van der Waals surface area contributed by atoms with Crippen LogP contribution < -0.4 is 5.32 Å². The van der Waals surface area contributed by atoms with E-state index in [0.717, 1.165) is 11.1 Å². The van der Waals surface area contributed by atoms with Gasteiger partial charge in [-0.15, -0.1) is 11.8 Å². The van der Waals surface area contributed by atoms with Crippen LogP contribution in [0, 0.1) is 12.8 Å². The van der Waals surface area contributed by atoms with E-state index in [9.17, 15) is 9.59 Å². The van der Waals surface area contributed by atoms with Gasteiger partial charge in [0.05, 0.1) is 0 Å². The van der Waals surface area contributed by atoms with Crippen LogP contribution in [-0.4, -0.2) is 36.1 Å². The van der Waals surface area contributed by atoms with Crippen molar-refractivity contribution in [2.24, 2.45) is 5.92 Å². The molecule has 5 heteroatoms. The van der Waals surface area contributed by atoms with Gasteiger partial charge in [0.2, 0.25) is 5.91 Å². The summed E-state index contributed by atoms with van der Waals surface area (Å²) in [6.07, 6.45) is 2.04. The Hall–Kier alpha value is -2.27. The highest BCUT2D eigenvalue weighted by Gasteiger charge is 2.27. The number of benzene rings is 2. The number of nitrogens with one attached hydrogen (secondary N) is 1. The van der Waals surface area contributed by atoms with Crippen molar-refractivity contribution in [1.82, 2.24) is 10.2 Å². The number of likely N-dealkylation sites (N-methyl/N-ethyl adjacent to an activating group) is 1. The van der Waals surface area contributed by atoms with Gasteiger partial charge in [0.15, 0.2) is 0 Å². The number of carbonyl (C=O) groups excluding carboxylic acids is 2. The van der Waals surface area contributed by atoms with Crippen molar-refractivity contribution >= 4 is 23.6 Å². The normalized spacial score (nSPS) is 11.9. The molecular weight excluding hydrogens is 356 g/mol. The molecule has 0 radical (unpaired) electrons. The van der Waals surface area contributed by atoms with E-state index in [0.29, 0.717) is 12.1 Å². The lowest BCUT2D eigenvalue weighted by molar-refractivity contribution is -0.133. The Morgan fingerprint density at radius 3 is 2.26 bits per heavy atom. The van der Waals surface area contributed by atoms with Crippen LogP contribution in [0.5, 0.6) is 0 Å². The minimum absolute atomic E-state index is 0.00761. The van der Waals surface area contributed by atoms with Crippen LogP contribution in [0.25, 0.3) is 0 Å². The second kappa shape index (κ2) is 9.60. The average molecular weight is 385 g/mol. The molecule has 2 aromatic rings. The molecule has 0 spiro atoms. The minimum Gasteiger partial charge on any atom is -0.340 e. The molecule has 1 N–H and O–H groups in total. The zero-order chi connectivity index (χ0) is 20.0. The molecule has 0 aliphatic rings. The number of hydrogen-bond acceptors (Lipinski definition) is 3. The quantitative estimate of drug-likeness (QED) is 0.730. The van der Waals surface area contributed by atoms with Crippen LogP contribution in [0.15, 0.2) is 53.4 Å². The lowest BCUT2D eigenvalue weighted by Gasteiger charge is -2.27. The number of aryl methyl sites for hydroxylation is 1. The maximum atomic E-state index is 13.0.